The number of hydrogen-bond donors (Lipinski definition) is 2. The predicted molar refractivity (Wildman–Crippen MR) is 87.3 cm³/mol. The molecular weight excluding hydrogens is 260 g/mol. The maximum atomic E-state index is 9.80. The third kappa shape index (κ3) is 3.30. The molecule has 4 unspecified atom stereocenters. The largest absolute Gasteiger partial charge is 0.394 e. The highest BCUT2D eigenvalue weighted by Crippen LogP contribution is 2.39. The molecule has 0 radical (unpaired) electrons. The van der Waals surface area contributed by atoms with E-state index in [0.717, 1.165) is 18.3 Å². The number of rotatable bonds is 5. The fourth-order valence-corrected chi connectivity index (χ4v) is 5.40. The Labute approximate surface area is 130 Å². The van der Waals surface area contributed by atoms with Gasteiger partial charge in [-0.2, -0.15) is 0 Å². The molecule has 1 heterocycles. The van der Waals surface area contributed by atoms with Crippen LogP contribution in [0.5, 0.6) is 0 Å². The molecule has 0 aromatic rings. The van der Waals surface area contributed by atoms with E-state index in [-0.39, 0.29) is 5.54 Å². The maximum absolute atomic E-state index is 9.80. The van der Waals surface area contributed by atoms with Crippen LogP contribution in [0.4, 0.5) is 0 Å². The lowest BCUT2D eigenvalue weighted by Crippen LogP contribution is -2.50. The zero-order valence-corrected chi connectivity index (χ0v) is 13.8. The van der Waals surface area contributed by atoms with E-state index in [1.807, 2.05) is 7.05 Å². The van der Waals surface area contributed by atoms with Gasteiger partial charge in [0.05, 0.1) is 6.61 Å². The van der Waals surface area contributed by atoms with Gasteiger partial charge in [-0.3, -0.25) is 0 Å². The van der Waals surface area contributed by atoms with Crippen LogP contribution in [-0.2, 0) is 0 Å². The van der Waals surface area contributed by atoms with Gasteiger partial charge in [-0.05, 0) is 70.0 Å². The first-order valence-electron chi connectivity index (χ1n) is 9.29. The van der Waals surface area contributed by atoms with Crippen molar-refractivity contribution in [2.45, 2.75) is 63.3 Å². The third-order valence-corrected chi connectivity index (χ3v) is 6.91. The lowest BCUT2D eigenvalue weighted by molar-refractivity contribution is 0.0718. The molecule has 0 aromatic carbocycles. The van der Waals surface area contributed by atoms with Crippen molar-refractivity contribution in [2.75, 3.05) is 33.3 Å². The number of likely N-dealkylation sites (tertiary alicyclic amines) is 1. The fourth-order valence-electron chi connectivity index (χ4n) is 5.40. The molecule has 4 atom stereocenters. The molecular formula is C18H34N2O. The van der Waals surface area contributed by atoms with E-state index in [1.165, 1.54) is 71.0 Å². The Hall–Kier alpha value is -0.120. The number of likely N-dealkylation sites (N-methyl/N-ethyl adjacent to an activating group) is 1. The zero-order valence-electron chi connectivity index (χ0n) is 13.8. The number of nitrogens with one attached hydrogen (secondary N) is 1. The van der Waals surface area contributed by atoms with Crippen LogP contribution in [0.25, 0.3) is 0 Å². The average molecular weight is 294 g/mol. The zero-order chi connectivity index (χ0) is 14.7. The number of aliphatic hydroxyl groups is 1. The molecule has 2 aliphatic carbocycles. The van der Waals surface area contributed by atoms with Gasteiger partial charge in [-0.15, -0.1) is 0 Å². The number of aliphatic hydroxyl groups excluding tert-OH is 1. The number of piperidine rings is 1. The summed E-state index contributed by atoms with van der Waals surface area (Å²) >= 11 is 0. The van der Waals surface area contributed by atoms with Crippen molar-refractivity contribution in [1.82, 2.24) is 10.2 Å². The molecule has 0 amide bonds. The fraction of sp³-hybridized carbons (Fsp3) is 1.00. The molecule has 3 rings (SSSR count). The summed E-state index contributed by atoms with van der Waals surface area (Å²) in [6.07, 6.45) is 12.3. The Morgan fingerprint density at radius 1 is 1.10 bits per heavy atom. The van der Waals surface area contributed by atoms with Crippen molar-refractivity contribution in [2.24, 2.45) is 17.8 Å². The molecule has 0 bridgehead atoms. The Bertz CT molecular complexity index is 329. The third-order valence-electron chi connectivity index (χ3n) is 6.91. The van der Waals surface area contributed by atoms with Gasteiger partial charge in [0.2, 0.25) is 0 Å². The Morgan fingerprint density at radius 2 is 1.90 bits per heavy atom. The van der Waals surface area contributed by atoms with Crippen molar-refractivity contribution < 1.29 is 5.11 Å². The van der Waals surface area contributed by atoms with Gasteiger partial charge in [-0.25, -0.2) is 0 Å². The molecule has 3 fully saturated rings. The average Bonchev–Trinajstić information content (AvgIpc) is 2.96. The molecule has 3 nitrogen and oxygen atoms in total. The van der Waals surface area contributed by atoms with Crippen molar-refractivity contribution >= 4 is 0 Å². The van der Waals surface area contributed by atoms with Gasteiger partial charge in [-0.1, -0.05) is 25.7 Å². The van der Waals surface area contributed by atoms with Crippen molar-refractivity contribution in [3.05, 3.63) is 0 Å². The molecule has 1 aliphatic heterocycles. The van der Waals surface area contributed by atoms with Gasteiger partial charge in [0.1, 0.15) is 0 Å². The van der Waals surface area contributed by atoms with Crippen LogP contribution >= 0.6 is 0 Å². The van der Waals surface area contributed by atoms with Crippen LogP contribution in [0.15, 0.2) is 0 Å². The standard InChI is InChI=1S/C18H34N2O/c1-19-18(14-21)10-4-7-17(18)9-12-20-11-8-15-5-2-3-6-16(15)13-20/h15-17,19,21H,2-14H2,1H3. The summed E-state index contributed by atoms with van der Waals surface area (Å²) in [5.41, 5.74) is 0.0170. The van der Waals surface area contributed by atoms with Crippen LogP contribution in [0.1, 0.15) is 57.8 Å². The van der Waals surface area contributed by atoms with Gasteiger partial charge in [0.25, 0.3) is 0 Å². The lowest BCUT2D eigenvalue weighted by Gasteiger charge is -2.42. The molecule has 2 N–H and O–H groups in total. The highest BCUT2D eigenvalue weighted by atomic mass is 16.3. The van der Waals surface area contributed by atoms with Crippen LogP contribution < -0.4 is 5.32 Å². The smallest absolute Gasteiger partial charge is 0.0615 e. The highest BCUT2D eigenvalue weighted by molar-refractivity contribution is 4.98. The first-order chi connectivity index (χ1) is 10.3. The monoisotopic (exact) mass is 294 g/mol. The Balaban J connectivity index is 1.49. The molecule has 3 heteroatoms. The predicted octanol–water partition coefficient (Wildman–Crippen LogP) is 2.64. The SMILES string of the molecule is CNC1(CO)CCCC1CCN1CCC2CCCCC2C1. The summed E-state index contributed by atoms with van der Waals surface area (Å²) in [7, 11) is 2.03. The van der Waals surface area contributed by atoms with E-state index in [2.05, 4.69) is 10.2 Å². The van der Waals surface area contributed by atoms with Crippen molar-refractivity contribution in [1.29, 1.82) is 0 Å². The normalized spacial score (nSPS) is 41.1. The summed E-state index contributed by atoms with van der Waals surface area (Å²) in [4.78, 5) is 2.72. The molecule has 2 saturated carbocycles. The van der Waals surface area contributed by atoms with Crippen LogP contribution in [0.3, 0.4) is 0 Å². The summed E-state index contributed by atoms with van der Waals surface area (Å²) in [6.45, 7) is 4.22. The van der Waals surface area contributed by atoms with Crippen LogP contribution in [0, 0.1) is 17.8 Å². The number of fused-ring (bicyclic) bond motifs is 1. The topological polar surface area (TPSA) is 35.5 Å². The number of nitrogens with zero attached hydrogens (tertiary/aromatic N) is 1. The lowest BCUT2D eigenvalue weighted by atomic mass is 9.75. The van der Waals surface area contributed by atoms with Crippen LogP contribution in [-0.4, -0.2) is 48.8 Å². The molecule has 3 aliphatic rings. The summed E-state index contributed by atoms with van der Waals surface area (Å²) in [5, 5.41) is 13.2. The summed E-state index contributed by atoms with van der Waals surface area (Å²) < 4.78 is 0. The van der Waals surface area contributed by atoms with E-state index in [0.29, 0.717) is 12.5 Å². The Kier molecular flexibility index (Phi) is 5.23. The van der Waals surface area contributed by atoms with E-state index in [9.17, 15) is 5.11 Å². The van der Waals surface area contributed by atoms with E-state index < -0.39 is 0 Å². The minimum atomic E-state index is 0.0170. The molecule has 122 valence electrons. The van der Waals surface area contributed by atoms with E-state index in [4.69, 9.17) is 0 Å². The minimum Gasteiger partial charge on any atom is -0.394 e. The van der Waals surface area contributed by atoms with Crippen LogP contribution in [0.2, 0.25) is 0 Å². The molecule has 21 heavy (non-hydrogen) atoms. The first kappa shape index (κ1) is 15.8. The van der Waals surface area contributed by atoms with Gasteiger partial charge < -0.3 is 15.3 Å². The first-order valence-corrected chi connectivity index (χ1v) is 9.29. The van der Waals surface area contributed by atoms with E-state index >= 15 is 0 Å². The van der Waals surface area contributed by atoms with Gasteiger partial charge in [0.15, 0.2) is 0 Å². The van der Waals surface area contributed by atoms with Crippen molar-refractivity contribution in [3.8, 4) is 0 Å². The summed E-state index contributed by atoms with van der Waals surface area (Å²) in [6, 6.07) is 0. The van der Waals surface area contributed by atoms with Gasteiger partial charge in [0, 0.05) is 12.1 Å². The van der Waals surface area contributed by atoms with E-state index in [1.54, 1.807) is 0 Å². The molecule has 1 saturated heterocycles. The maximum Gasteiger partial charge on any atom is 0.0615 e. The molecule has 0 spiro atoms. The second kappa shape index (κ2) is 6.97. The van der Waals surface area contributed by atoms with Crippen molar-refractivity contribution in [3.63, 3.8) is 0 Å². The minimum absolute atomic E-state index is 0.0170. The highest BCUT2D eigenvalue weighted by Gasteiger charge is 2.41. The second-order valence-corrected chi connectivity index (χ2v) is 7.84. The Morgan fingerprint density at radius 3 is 2.67 bits per heavy atom. The quantitative estimate of drug-likeness (QED) is 0.818. The number of hydrogen-bond acceptors (Lipinski definition) is 3. The second-order valence-electron chi connectivity index (χ2n) is 7.84. The summed E-state index contributed by atoms with van der Waals surface area (Å²) in [5.74, 6) is 2.69. The molecule has 0 aromatic heterocycles. The van der Waals surface area contributed by atoms with Gasteiger partial charge >= 0.3 is 0 Å².